The molecule has 3 rings (SSSR count). The zero-order chi connectivity index (χ0) is 11.9. The molecule has 1 saturated heterocycles. The van der Waals surface area contributed by atoms with E-state index in [9.17, 15) is 4.79 Å². The van der Waals surface area contributed by atoms with Crippen LogP contribution in [-0.4, -0.2) is 36.0 Å². The fourth-order valence-corrected chi connectivity index (χ4v) is 2.52. The number of nitrogens with one attached hydrogen (secondary N) is 1. The van der Waals surface area contributed by atoms with Crippen molar-refractivity contribution in [2.24, 2.45) is 0 Å². The van der Waals surface area contributed by atoms with Gasteiger partial charge in [0.15, 0.2) is 0 Å². The SMILES string of the molecule is O=C(c1ccc(Cl)cc1)N1CCNC2(CC2)C1. The first kappa shape index (κ1) is 11.1. The summed E-state index contributed by atoms with van der Waals surface area (Å²) >= 11 is 5.82. The number of carbonyl (C=O) groups excluding carboxylic acids is 1. The lowest BCUT2D eigenvalue weighted by Crippen LogP contribution is -2.54. The molecule has 0 bridgehead atoms. The molecule has 1 aliphatic heterocycles. The van der Waals surface area contributed by atoms with Crippen LogP contribution in [0, 0.1) is 0 Å². The number of carbonyl (C=O) groups is 1. The minimum absolute atomic E-state index is 0.120. The predicted octanol–water partition coefficient (Wildman–Crippen LogP) is 1.92. The van der Waals surface area contributed by atoms with Gasteiger partial charge >= 0.3 is 0 Å². The van der Waals surface area contributed by atoms with E-state index in [1.54, 1.807) is 24.3 Å². The Balaban J connectivity index is 1.75. The molecule has 90 valence electrons. The molecule has 17 heavy (non-hydrogen) atoms. The smallest absolute Gasteiger partial charge is 0.253 e. The topological polar surface area (TPSA) is 32.3 Å². The van der Waals surface area contributed by atoms with Gasteiger partial charge in [-0.25, -0.2) is 0 Å². The Morgan fingerprint density at radius 1 is 1.29 bits per heavy atom. The van der Waals surface area contributed by atoms with Crippen LogP contribution in [0.25, 0.3) is 0 Å². The van der Waals surface area contributed by atoms with Gasteiger partial charge in [-0.2, -0.15) is 0 Å². The zero-order valence-corrected chi connectivity index (χ0v) is 10.3. The summed E-state index contributed by atoms with van der Waals surface area (Å²) in [5.41, 5.74) is 0.965. The van der Waals surface area contributed by atoms with E-state index in [0.717, 1.165) is 25.2 Å². The van der Waals surface area contributed by atoms with Gasteiger partial charge in [-0.15, -0.1) is 0 Å². The van der Waals surface area contributed by atoms with Gasteiger partial charge in [-0.3, -0.25) is 4.79 Å². The Morgan fingerprint density at radius 3 is 2.65 bits per heavy atom. The highest BCUT2D eigenvalue weighted by Crippen LogP contribution is 2.37. The molecule has 2 aliphatic rings. The summed E-state index contributed by atoms with van der Waals surface area (Å²) in [6, 6.07) is 7.13. The standard InChI is InChI=1S/C13H15ClN2O/c14-11-3-1-10(2-4-11)12(17)16-8-7-15-13(9-16)5-6-13/h1-4,15H,5-9H2. The van der Waals surface area contributed by atoms with Crippen molar-refractivity contribution in [2.75, 3.05) is 19.6 Å². The lowest BCUT2D eigenvalue weighted by Gasteiger charge is -2.34. The second-order valence-electron chi connectivity index (χ2n) is 4.94. The Kier molecular flexibility index (Phi) is 2.60. The predicted molar refractivity (Wildman–Crippen MR) is 67.3 cm³/mol. The van der Waals surface area contributed by atoms with Gasteiger partial charge in [0, 0.05) is 35.8 Å². The largest absolute Gasteiger partial charge is 0.336 e. The third-order valence-corrected chi connectivity index (χ3v) is 3.86. The molecule has 1 aromatic rings. The first-order valence-corrected chi connectivity index (χ1v) is 6.36. The molecular formula is C13H15ClN2O. The van der Waals surface area contributed by atoms with Crippen LogP contribution in [0.15, 0.2) is 24.3 Å². The van der Waals surface area contributed by atoms with Crippen molar-refractivity contribution in [3.8, 4) is 0 Å². The molecular weight excluding hydrogens is 236 g/mol. The van der Waals surface area contributed by atoms with E-state index < -0.39 is 0 Å². The van der Waals surface area contributed by atoms with Crippen LogP contribution in [0.3, 0.4) is 0 Å². The molecule has 0 aromatic heterocycles. The number of hydrogen-bond donors (Lipinski definition) is 1. The number of piperazine rings is 1. The number of halogens is 1. The Hall–Kier alpha value is -1.06. The maximum Gasteiger partial charge on any atom is 0.253 e. The average molecular weight is 251 g/mol. The average Bonchev–Trinajstić information content (AvgIpc) is 3.08. The maximum absolute atomic E-state index is 12.3. The molecule has 0 atom stereocenters. The van der Waals surface area contributed by atoms with Gasteiger partial charge in [-0.1, -0.05) is 11.6 Å². The number of amides is 1. The van der Waals surface area contributed by atoms with Gasteiger partial charge in [0.25, 0.3) is 5.91 Å². The first-order chi connectivity index (χ1) is 8.19. The second-order valence-corrected chi connectivity index (χ2v) is 5.38. The van der Waals surface area contributed by atoms with Crippen molar-refractivity contribution in [1.82, 2.24) is 10.2 Å². The van der Waals surface area contributed by atoms with Gasteiger partial charge in [0.2, 0.25) is 0 Å². The van der Waals surface area contributed by atoms with Gasteiger partial charge in [0.1, 0.15) is 0 Å². The molecule has 1 amide bonds. The van der Waals surface area contributed by atoms with E-state index in [0.29, 0.717) is 5.02 Å². The summed E-state index contributed by atoms with van der Waals surface area (Å²) in [6.45, 7) is 2.54. The van der Waals surface area contributed by atoms with E-state index in [-0.39, 0.29) is 11.4 Å². The molecule has 1 spiro atoms. The summed E-state index contributed by atoms with van der Waals surface area (Å²) in [4.78, 5) is 14.2. The lowest BCUT2D eigenvalue weighted by molar-refractivity contribution is 0.0691. The summed E-state index contributed by atoms with van der Waals surface area (Å²) in [6.07, 6.45) is 2.38. The molecule has 0 unspecified atom stereocenters. The van der Waals surface area contributed by atoms with Crippen molar-refractivity contribution in [3.05, 3.63) is 34.9 Å². The fraction of sp³-hybridized carbons (Fsp3) is 0.462. The number of hydrogen-bond acceptors (Lipinski definition) is 2. The molecule has 2 fully saturated rings. The molecule has 4 heteroatoms. The lowest BCUT2D eigenvalue weighted by atomic mass is 10.1. The summed E-state index contributed by atoms with van der Waals surface area (Å²) in [5, 5.41) is 4.17. The third-order valence-electron chi connectivity index (χ3n) is 3.61. The summed E-state index contributed by atoms with van der Waals surface area (Å²) in [5.74, 6) is 0.120. The summed E-state index contributed by atoms with van der Waals surface area (Å²) < 4.78 is 0. The second kappa shape index (κ2) is 4.00. The maximum atomic E-state index is 12.3. The van der Waals surface area contributed by atoms with Gasteiger partial charge in [-0.05, 0) is 37.1 Å². The Labute approximate surface area is 106 Å². The normalized spacial score (nSPS) is 21.6. The van der Waals surface area contributed by atoms with E-state index >= 15 is 0 Å². The molecule has 1 aliphatic carbocycles. The number of nitrogens with zero attached hydrogens (tertiary/aromatic N) is 1. The van der Waals surface area contributed by atoms with Crippen LogP contribution >= 0.6 is 11.6 Å². The van der Waals surface area contributed by atoms with E-state index in [4.69, 9.17) is 11.6 Å². The van der Waals surface area contributed by atoms with Crippen molar-refractivity contribution in [2.45, 2.75) is 18.4 Å². The van der Waals surface area contributed by atoms with E-state index in [1.807, 2.05) is 4.90 Å². The van der Waals surface area contributed by atoms with E-state index in [2.05, 4.69) is 5.32 Å². The van der Waals surface area contributed by atoms with Crippen LogP contribution in [0.5, 0.6) is 0 Å². The molecule has 1 saturated carbocycles. The van der Waals surface area contributed by atoms with Crippen LogP contribution in [0.2, 0.25) is 5.02 Å². The molecule has 1 heterocycles. The summed E-state index contributed by atoms with van der Waals surface area (Å²) in [7, 11) is 0. The number of benzene rings is 1. The highest BCUT2D eigenvalue weighted by Gasteiger charge is 2.46. The molecule has 0 radical (unpaired) electrons. The van der Waals surface area contributed by atoms with Crippen LogP contribution in [0.4, 0.5) is 0 Å². The third kappa shape index (κ3) is 2.17. The van der Waals surface area contributed by atoms with Crippen LogP contribution in [-0.2, 0) is 0 Å². The van der Waals surface area contributed by atoms with Crippen molar-refractivity contribution in [3.63, 3.8) is 0 Å². The van der Waals surface area contributed by atoms with Crippen molar-refractivity contribution >= 4 is 17.5 Å². The molecule has 1 aromatic carbocycles. The number of rotatable bonds is 1. The van der Waals surface area contributed by atoms with Crippen LogP contribution < -0.4 is 5.32 Å². The fourth-order valence-electron chi connectivity index (χ4n) is 2.39. The minimum Gasteiger partial charge on any atom is -0.336 e. The molecule has 1 N–H and O–H groups in total. The minimum atomic E-state index is 0.120. The monoisotopic (exact) mass is 250 g/mol. The van der Waals surface area contributed by atoms with Gasteiger partial charge < -0.3 is 10.2 Å². The zero-order valence-electron chi connectivity index (χ0n) is 9.58. The van der Waals surface area contributed by atoms with E-state index in [1.165, 1.54) is 12.8 Å². The first-order valence-electron chi connectivity index (χ1n) is 5.98. The Morgan fingerprint density at radius 2 is 2.00 bits per heavy atom. The Bertz CT molecular complexity index is 439. The quantitative estimate of drug-likeness (QED) is 0.826. The molecule has 3 nitrogen and oxygen atoms in total. The van der Waals surface area contributed by atoms with Crippen molar-refractivity contribution in [1.29, 1.82) is 0 Å². The highest BCUT2D eigenvalue weighted by atomic mass is 35.5. The van der Waals surface area contributed by atoms with Crippen LogP contribution in [0.1, 0.15) is 23.2 Å². The van der Waals surface area contributed by atoms with Crippen molar-refractivity contribution < 1.29 is 4.79 Å². The van der Waals surface area contributed by atoms with Gasteiger partial charge in [0.05, 0.1) is 0 Å². The highest BCUT2D eigenvalue weighted by molar-refractivity contribution is 6.30.